The van der Waals surface area contributed by atoms with Crippen LogP contribution in [0.25, 0.3) is 0 Å². The Balaban J connectivity index is 2.13. The molecule has 0 spiro atoms. The minimum absolute atomic E-state index is 0.0219. The average molecular weight is 275 g/mol. The molecule has 0 fully saturated rings. The molecule has 0 aliphatic carbocycles. The average Bonchev–Trinajstić information content (AvgIpc) is 2.89. The normalized spacial score (nSPS) is 11.4. The number of nitrogens with zero attached hydrogens (tertiary/aromatic N) is 3. The number of aryl methyl sites for hydroxylation is 1. The van der Waals surface area contributed by atoms with Crippen molar-refractivity contribution in [2.75, 3.05) is 12.4 Å². The van der Waals surface area contributed by atoms with E-state index in [0.717, 1.165) is 11.3 Å². The van der Waals surface area contributed by atoms with Crippen LogP contribution in [0.1, 0.15) is 11.1 Å². The van der Waals surface area contributed by atoms with E-state index in [1.165, 1.54) is 0 Å². The van der Waals surface area contributed by atoms with Crippen LogP contribution in [-0.4, -0.2) is 27.9 Å². The van der Waals surface area contributed by atoms with Crippen LogP contribution < -0.4 is 15.8 Å². The topological polar surface area (TPSA) is 97.7 Å². The molecule has 7 heteroatoms. The van der Waals surface area contributed by atoms with Crippen LogP contribution in [0, 0.1) is 0 Å². The summed E-state index contributed by atoms with van der Waals surface area (Å²) in [6.45, 7) is 0.624. The summed E-state index contributed by atoms with van der Waals surface area (Å²) in [6.07, 6.45) is 3.64. The molecule has 0 bridgehead atoms. The molecule has 0 radical (unpaired) electrons. The van der Waals surface area contributed by atoms with Gasteiger partial charge in [0, 0.05) is 19.8 Å². The fourth-order valence-corrected chi connectivity index (χ4v) is 1.83. The van der Waals surface area contributed by atoms with Crippen molar-refractivity contribution in [3.05, 3.63) is 41.7 Å². The Kier molecular flexibility index (Phi) is 4.09. The highest BCUT2D eigenvalue weighted by molar-refractivity contribution is 5.99. The van der Waals surface area contributed by atoms with Crippen LogP contribution >= 0.6 is 0 Å². The third-order valence-electron chi connectivity index (χ3n) is 2.85. The Hall–Kier alpha value is -2.70. The molecule has 0 saturated carbocycles. The molecule has 0 atom stereocenters. The van der Waals surface area contributed by atoms with Gasteiger partial charge in [0.05, 0.1) is 24.6 Å². The molecular weight excluding hydrogens is 258 g/mol. The largest absolute Gasteiger partial charge is 0.496 e. The lowest BCUT2D eigenvalue weighted by atomic mass is 10.1. The predicted octanol–water partition coefficient (Wildman–Crippen LogP) is 1.14. The zero-order chi connectivity index (χ0) is 14.5. The minimum Gasteiger partial charge on any atom is -0.496 e. The molecule has 106 valence electrons. The number of aromatic nitrogens is 2. The molecular formula is C13H17N5O2. The number of amidine groups is 1. The van der Waals surface area contributed by atoms with E-state index in [2.05, 4.69) is 15.6 Å². The number of rotatable bonds is 5. The van der Waals surface area contributed by atoms with Crippen LogP contribution in [0.5, 0.6) is 5.75 Å². The number of methoxy groups -OCH3 is 1. The van der Waals surface area contributed by atoms with Gasteiger partial charge < -0.3 is 21.0 Å². The molecule has 1 aromatic carbocycles. The van der Waals surface area contributed by atoms with E-state index in [0.29, 0.717) is 17.9 Å². The number of nitrogens with one attached hydrogen (secondary N) is 1. The van der Waals surface area contributed by atoms with Gasteiger partial charge in [-0.3, -0.25) is 4.68 Å². The molecule has 0 saturated heterocycles. The fourth-order valence-electron chi connectivity index (χ4n) is 1.83. The lowest BCUT2D eigenvalue weighted by molar-refractivity contribution is 0.318. The first-order valence-electron chi connectivity index (χ1n) is 6.01. The number of anilines is 1. The number of hydrogen-bond acceptors (Lipinski definition) is 5. The van der Waals surface area contributed by atoms with Gasteiger partial charge in [-0.05, 0) is 17.7 Å². The predicted molar refractivity (Wildman–Crippen MR) is 76.0 cm³/mol. The van der Waals surface area contributed by atoms with Gasteiger partial charge in [-0.1, -0.05) is 11.2 Å². The molecule has 2 rings (SSSR count). The van der Waals surface area contributed by atoms with Crippen molar-refractivity contribution < 1.29 is 9.94 Å². The van der Waals surface area contributed by atoms with Crippen molar-refractivity contribution in [2.45, 2.75) is 6.54 Å². The van der Waals surface area contributed by atoms with Crippen molar-refractivity contribution in [3.63, 3.8) is 0 Å². The molecule has 0 unspecified atom stereocenters. The molecule has 0 aliphatic rings. The molecule has 0 amide bonds. The zero-order valence-corrected chi connectivity index (χ0v) is 11.4. The van der Waals surface area contributed by atoms with E-state index in [1.807, 2.05) is 25.4 Å². The maximum Gasteiger partial charge on any atom is 0.173 e. The fraction of sp³-hybridized carbons (Fsp3) is 0.231. The lowest BCUT2D eigenvalue weighted by Crippen LogP contribution is -2.14. The van der Waals surface area contributed by atoms with Crippen molar-refractivity contribution in [2.24, 2.45) is 17.9 Å². The first-order valence-corrected chi connectivity index (χ1v) is 6.01. The van der Waals surface area contributed by atoms with Gasteiger partial charge in [0.2, 0.25) is 0 Å². The molecule has 1 aromatic heterocycles. The molecule has 20 heavy (non-hydrogen) atoms. The maximum atomic E-state index is 8.72. The minimum atomic E-state index is 0.0219. The standard InChI is InChI=1S/C13H17N5O2/c1-18-8-10(7-16-18)15-6-9-3-4-11(13(14)17-19)12(5-9)20-2/h3-5,7-8,15,19H,6H2,1-2H3,(H2,14,17). The third-order valence-corrected chi connectivity index (χ3v) is 2.85. The van der Waals surface area contributed by atoms with Crippen LogP contribution in [0.3, 0.4) is 0 Å². The first kappa shape index (κ1) is 13.7. The van der Waals surface area contributed by atoms with Gasteiger partial charge in [0.1, 0.15) is 5.75 Å². The summed E-state index contributed by atoms with van der Waals surface area (Å²) in [7, 11) is 3.40. The van der Waals surface area contributed by atoms with Gasteiger partial charge in [-0.25, -0.2) is 0 Å². The van der Waals surface area contributed by atoms with Gasteiger partial charge in [-0.15, -0.1) is 0 Å². The Bertz CT molecular complexity index is 621. The number of oxime groups is 1. The monoisotopic (exact) mass is 275 g/mol. The van der Waals surface area contributed by atoms with Crippen LogP contribution in [0.15, 0.2) is 35.7 Å². The highest BCUT2D eigenvalue weighted by Crippen LogP contribution is 2.20. The van der Waals surface area contributed by atoms with Crippen molar-refractivity contribution in [3.8, 4) is 5.75 Å². The zero-order valence-electron chi connectivity index (χ0n) is 11.4. The molecule has 7 nitrogen and oxygen atoms in total. The van der Waals surface area contributed by atoms with Crippen molar-refractivity contribution in [1.82, 2.24) is 9.78 Å². The summed E-state index contributed by atoms with van der Waals surface area (Å²) in [5, 5.41) is 19.0. The van der Waals surface area contributed by atoms with E-state index in [1.54, 1.807) is 24.1 Å². The first-order chi connectivity index (χ1) is 9.63. The van der Waals surface area contributed by atoms with Gasteiger partial charge in [0.25, 0.3) is 0 Å². The Morgan fingerprint density at radius 2 is 2.35 bits per heavy atom. The molecule has 0 aliphatic heterocycles. The summed E-state index contributed by atoms with van der Waals surface area (Å²) in [6, 6.07) is 5.49. The Labute approximate surface area is 116 Å². The third kappa shape index (κ3) is 3.00. The summed E-state index contributed by atoms with van der Waals surface area (Å²) >= 11 is 0. The maximum absolute atomic E-state index is 8.72. The quantitative estimate of drug-likeness (QED) is 0.329. The second-order valence-electron chi connectivity index (χ2n) is 4.28. The summed E-state index contributed by atoms with van der Waals surface area (Å²) in [5.74, 6) is 0.583. The second-order valence-corrected chi connectivity index (χ2v) is 4.28. The van der Waals surface area contributed by atoms with E-state index in [-0.39, 0.29) is 5.84 Å². The molecule has 2 aromatic rings. The lowest BCUT2D eigenvalue weighted by Gasteiger charge is -2.10. The highest BCUT2D eigenvalue weighted by atomic mass is 16.5. The Morgan fingerprint density at radius 3 is 2.95 bits per heavy atom. The second kappa shape index (κ2) is 5.96. The number of hydrogen-bond donors (Lipinski definition) is 3. The molecule has 1 heterocycles. The van der Waals surface area contributed by atoms with Gasteiger partial charge >= 0.3 is 0 Å². The van der Waals surface area contributed by atoms with Crippen molar-refractivity contribution in [1.29, 1.82) is 0 Å². The van der Waals surface area contributed by atoms with Gasteiger partial charge in [-0.2, -0.15) is 5.10 Å². The summed E-state index contributed by atoms with van der Waals surface area (Å²) < 4.78 is 6.98. The smallest absolute Gasteiger partial charge is 0.173 e. The van der Waals surface area contributed by atoms with E-state index in [9.17, 15) is 0 Å². The summed E-state index contributed by atoms with van der Waals surface area (Å²) in [4.78, 5) is 0. The van der Waals surface area contributed by atoms with Crippen LogP contribution in [0.2, 0.25) is 0 Å². The van der Waals surface area contributed by atoms with E-state index >= 15 is 0 Å². The van der Waals surface area contributed by atoms with Crippen LogP contribution in [-0.2, 0) is 13.6 Å². The summed E-state index contributed by atoms with van der Waals surface area (Å²) in [5.41, 5.74) is 8.09. The number of ether oxygens (including phenoxy) is 1. The SMILES string of the molecule is COc1cc(CNc2cnn(C)c2)ccc1/C(N)=N/O. The number of benzene rings is 1. The van der Waals surface area contributed by atoms with Gasteiger partial charge in [0.15, 0.2) is 5.84 Å². The Morgan fingerprint density at radius 1 is 1.55 bits per heavy atom. The molecule has 4 N–H and O–H groups in total. The van der Waals surface area contributed by atoms with Crippen molar-refractivity contribution >= 4 is 11.5 Å². The van der Waals surface area contributed by atoms with Crippen LogP contribution in [0.4, 0.5) is 5.69 Å². The van der Waals surface area contributed by atoms with E-state index < -0.39 is 0 Å². The number of nitrogens with two attached hydrogens (primary N) is 1. The van der Waals surface area contributed by atoms with E-state index in [4.69, 9.17) is 15.7 Å². The highest BCUT2D eigenvalue weighted by Gasteiger charge is 2.08.